The van der Waals surface area contributed by atoms with Crippen LogP contribution in [0.3, 0.4) is 0 Å². The molecule has 2 aromatic rings. The number of anilines is 1. The summed E-state index contributed by atoms with van der Waals surface area (Å²) in [5.41, 5.74) is 2.51. The molecule has 0 saturated carbocycles. The lowest BCUT2D eigenvalue weighted by molar-refractivity contribution is -0.113. The van der Waals surface area contributed by atoms with E-state index in [0.29, 0.717) is 40.8 Å². The van der Waals surface area contributed by atoms with E-state index in [1.165, 1.54) is 12.1 Å². The second-order valence-corrected chi connectivity index (χ2v) is 6.79. The molecule has 1 aliphatic heterocycles. The molecule has 2 N–H and O–H groups in total. The standard InChI is InChI=1S/C21H22FN3O2S/c1-14-18(20(26)23-17-9-4-3-5-10-17)19(15-7-6-8-16(22)13-15)24-21(28)25(14)11-12-27-2/h3-10,13,19H,11-12H2,1-2H3,(H,23,26)(H,24,28)/t19-/m0/s1. The van der Waals surface area contributed by atoms with Gasteiger partial charge in [0.25, 0.3) is 5.91 Å². The predicted octanol–water partition coefficient (Wildman–Crippen LogP) is 3.62. The summed E-state index contributed by atoms with van der Waals surface area (Å²) < 4.78 is 19.0. The van der Waals surface area contributed by atoms with Crippen LogP contribution in [0.1, 0.15) is 18.5 Å². The minimum Gasteiger partial charge on any atom is -0.383 e. The number of nitrogens with zero attached hydrogens (tertiary/aromatic N) is 1. The SMILES string of the molecule is COCCN1C(=S)N[C@@H](c2cccc(F)c2)C(C(=O)Nc2ccccc2)=C1C. The van der Waals surface area contributed by atoms with Gasteiger partial charge in [-0.25, -0.2) is 4.39 Å². The third kappa shape index (κ3) is 4.37. The average Bonchev–Trinajstić information content (AvgIpc) is 2.68. The number of hydrogen-bond acceptors (Lipinski definition) is 3. The van der Waals surface area contributed by atoms with Crippen molar-refractivity contribution < 1.29 is 13.9 Å². The first kappa shape index (κ1) is 20.0. The lowest BCUT2D eigenvalue weighted by Gasteiger charge is -2.37. The Morgan fingerprint density at radius 3 is 2.68 bits per heavy atom. The summed E-state index contributed by atoms with van der Waals surface area (Å²) in [5.74, 6) is -0.636. The van der Waals surface area contributed by atoms with Crippen LogP contribution in [0.5, 0.6) is 0 Å². The van der Waals surface area contributed by atoms with Gasteiger partial charge in [-0.3, -0.25) is 4.79 Å². The first-order valence-corrected chi connectivity index (χ1v) is 9.31. The maximum Gasteiger partial charge on any atom is 0.255 e. The maximum absolute atomic E-state index is 13.8. The fourth-order valence-electron chi connectivity index (χ4n) is 3.18. The number of carbonyl (C=O) groups excluding carboxylic acids is 1. The summed E-state index contributed by atoms with van der Waals surface area (Å²) in [5, 5.41) is 6.57. The zero-order valence-corrected chi connectivity index (χ0v) is 16.6. The van der Waals surface area contributed by atoms with Crippen LogP contribution < -0.4 is 10.6 Å². The second-order valence-electron chi connectivity index (χ2n) is 6.40. The van der Waals surface area contributed by atoms with E-state index in [-0.39, 0.29) is 11.7 Å². The van der Waals surface area contributed by atoms with E-state index in [2.05, 4.69) is 10.6 Å². The molecule has 1 atom stereocenters. The van der Waals surface area contributed by atoms with Crippen molar-refractivity contribution in [2.24, 2.45) is 0 Å². The summed E-state index contributed by atoms with van der Waals surface area (Å²) in [6, 6.07) is 14.8. The quantitative estimate of drug-likeness (QED) is 0.727. The highest BCUT2D eigenvalue weighted by Gasteiger charge is 2.33. The Bertz CT molecular complexity index is 902. The fraction of sp³-hybridized carbons (Fsp3) is 0.238. The van der Waals surface area contributed by atoms with Crippen molar-refractivity contribution in [3.05, 3.63) is 77.2 Å². The Morgan fingerprint density at radius 1 is 1.25 bits per heavy atom. The van der Waals surface area contributed by atoms with E-state index in [1.807, 2.05) is 42.2 Å². The molecule has 0 fully saturated rings. The second kappa shape index (κ2) is 8.95. The van der Waals surface area contributed by atoms with Gasteiger partial charge in [0.1, 0.15) is 5.82 Å². The van der Waals surface area contributed by atoms with E-state index >= 15 is 0 Å². The molecule has 0 radical (unpaired) electrons. The molecule has 0 saturated heterocycles. The normalized spacial score (nSPS) is 16.8. The number of rotatable bonds is 6. The number of benzene rings is 2. The van der Waals surface area contributed by atoms with Crippen LogP contribution in [-0.2, 0) is 9.53 Å². The lowest BCUT2D eigenvalue weighted by Crippen LogP contribution is -2.49. The molecule has 28 heavy (non-hydrogen) atoms. The molecule has 0 aromatic heterocycles. The Morgan fingerprint density at radius 2 is 2.00 bits per heavy atom. The molecular formula is C21H22FN3O2S. The van der Waals surface area contributed by atoms with Crippen LogP contribution in [0.2, 0.25) is 0 Å². The van der Waals surface area contributed by atoms with Crippen LogP contribution in [0.4, 0.5) is 10.1 Å². The van der Waals surface area contributed by atoms with Gasteiger partial charge in [-0.05, 0) is 49.0 Å². The van der Waals surface area contributed by atoms with Crippen molar-refractivity contribution in [1.29, 1.82) is 0 Å². The van der Waals surface area contributed by atoms with Crippen molar-refractivity contribution in [2.45, 2.75) is 13.0 Å². The van der Waals surface area contributed by atoms with Gasteiger partial charge < -0.3 is 20.3 Å². The van der Waals surface area contributed by atoms with Crippen LogP contribution >= 0.6 is 12.2 Å². The highest BCUT2D eigenvalue weighted by atomic mass is 32.1. The largest absolute Gasteiger partial charge is 0.383 e. The zero-order chi connectivity index (χ0) is 20.1. The molecule has 146 valence electrons. The fourth-order valence-corrected chi connectivity index (χ4v) is 3.53. The highest BCUT2D eigenvalue weighted by Crippen LogP contribution is 2.31. The van der Waals surface area contributed by atoms with Gasteiger partial charge in [0.05, 0.1) is 18.2 Å². The number of carbonyl (C=O) groups is 1. The molecule has 1 aliphatic rings. The number of methoxy groups -OCH3 is 1. The average molecular weight is 399 g/mol. The molecule has 2 aromatic carbocycles. The molecular weight excluding hydrogens is 377 g/mol. The summed E-state index contributed by atoms with van der Waals surface area (Å²) in [4.78, 5) is 15.0. The number of allylic oxidation sites excluding steroid dienone is 1. The van der Waals surface area contributed by atoms with Crippen LogP contribution in [0, 0.1) is 5.82 Å². The summed E-state index contributed by atoms with van der Waals surface area (Å²) >= 11 is 5.50. The smallest absolute Gasteiger partial charge is 0.255 e. The Kier molecular flexibility index (Phi) is 6.38. The third-order valence-corrected chi connectivity index (χ3v) is 4.91. The van der Waals surface area contributed by atoms with Crippen molar-refractivity contribution in [1.82, 2.24) is 10.2 Å². The minimum absolute atomic E-state index is 0.268. The van der Waals surface area contributed by atoms with Gasteiger partial charge in [0.15, 0.2) is 5.11 Å². The molecule has 3 rings (SSSR count). The van der Waals surface area contributed by atoms with E-state index in [4.69, 9.17) is 17.0 Å². The van der Waals surface area contributed by atoms with Crippen molar-refractivity contribution >= 4 is 28.9 Å². The maximum atomic E-state index is 13.8. The van der Waals surface area contributed by atoms with Crippen LogP contribution in [0.15, 0.2) is 65.9 Å². The number of amides is 1. The van der Waals surface area contributed by atoms with Crippen LogP contribution in [-0.4, -0.2) is 36.2 Å². The van der Waals surface area contributed by atoms with Gasteiger partial charge in [-0.15, -0.1) is 0 Å². The topological polar surface area (TPSA) is 53.6 Å². The van der Waals surface area contributed by atoms with Gasteiger partial charge in [0, 0.05) is 25.0 Å². The number of ether oxygens (including phenoxy) is 1. The first-order valence-electron chi connectivity index (χ1n) is 8.91. The van der Waals surface area contributed by atoms with Gasteiger partial charge in [0.2, 0.25) is 0 Å². The van der Waals surface area contributed by atoms with Crippen molar-refractivity contribution in [3.8, 4) is 0 Å². The Hall–Kier alpha value is -2.77. The minimum atomic E-state index is -0.550. The van der Waals surface area contributed by atoms with Gasteiger partial charge in [-0.1, -0.05) is 30.3 Å². The molecule has 0 aliphatic carbocycles. The number of nitrogens with one attached hydrogen (secondary N) is 2. The molecule has 0 spiro atoms. The molecule has 5 nitrogen and oxygen atoms in total. The highest BCUT2D eigenvalue weighted by molar-refractivity contribution is 7.80. The number of halogens is 1. The van der Waals surface area contributed by atoms with E-state index in [1.54, 1.807) is 19.2 Å². The van der Waals surface area contributed by atoms with Crippen molar-refractivity contribution in [3.63, 3.8) is 0 Å². The van der Waals surface area contributed by atoms with E-state index in [9.17, 15) is 9.18 Å². The molecule has 7 heteroatoms. The monoisotopic (exact) mass is 399 g/mol. The zero-order valence-electron chi connectivity index (χ0n) is 15.7. The summed E-state index contributed by atoms with van der Waals surface area (Å²) in [6.45, 7) is 2.80. The molecule has 0 unspecified atom stereocenters. The molecule has 1 amide bonds. The lowest BCUT2D eigenvalue weighted by atomic mass is 9.94. The van der Waals surface area contributed by atoms with E-state index in [0.717, 1.165) is 0 Å². The number of hydrogen-bond donors (Lipinski definition) is 2. The van der Waals surface area contributed by atoms with Gasteiger partial charge in [-0.2, -0.15) is 0 Å². The Labute approximate surface area is 169 Å². The Balaban J connectivity index is 2.01. The molecule has 1 heterocycles. The summed E-state index contributed by atoms with van der Waals surface area (Å²) in [7, 11) is 1.61. The predicted molar refractivity (Wildman–Crippen MR) is 111 cm³/mol. The van der Waals surface area contributed by atoms with Crippen molar-refractivity contribution in [2.75, 3.05) is 25.6 Å². The number of thiocarbonyl (C=S) groups is 1. The number of para-hydroxylation sites is 1. The summed E-state index contributed by atoms with van der Waals surface area (Å²) in [6.07, 6.45) is 0. The first-order chi connectivity index (χ1) is 13.5. The van der Waals surface area contributed by atoms with Crippen LogP contribution in [0.25, 0.3) is 0 Å². The van der Waals surface area contributed by atoms with Gasteiger partial charge >= 0.3 is 0 Å². The molecule has 0 bridgehead atoms. The third-order valence-electron chi connectivity index (χ3n) is 4.57. The van der Waals surface area contributed by atoms with E-state index < -0.39 is 6.04 Å².